The molecule has 0 atom stereocenters. The Morgan fingerprint density at radius 2 is 2.11 bits per heavy atom. The molecule has 7 heteroatoms. The van der Waals surface area contributed by atoms with Gasteiger partial charge in [-0.15, -0.1) is 5.10 Å². The number of aromatic nitrogens is 3. The van der Waals surface area contributed by atoms with Gasteiger partial charge in [0, 0.05) is 27.2 Å². The molecule has 0 amide bonds. The van der Waals surface area contributed by atoms with Crippen LogP contribution in [0.1, 0.15) is 12.8 Å². The second-order valence-electron chi connectivity index (χ2n) is 4.56. The van der Waals surface area contributed by atoms with Crippen LogP contribution in [0.5, 0.6) is 0 Å². The fourth-order valence-electron chi connectivity index (χ4n) is 1.59. The van der Waals surface area contributed by atoms with Crippen LogP contribution in [0.4, 0.5) is 5.82 Å². The number of rotatable bonds is 6. The summed E-state index contributed by atoms with van der Waals surface area (Å²) < 4.78 is 7.60. The van der Waals surface area contributed by atoms with Crippen LogP contribution in [0.15, 0.2) is 9.59 Å². The number of hydrogen-bond acceptors (Lipinski definition) is 5. The monoisotopic (exact) mass is 254 g/mol. The molecule has 7 nitrogen and oxygen atoms in total. The molecule has 1 fully saturated rings. The SMILES string of the molecule is Cn1nc(NCCOCC2CC2)c(=O)n(C)c1=O. The third-order valence-corrected chi connectivity index (χ3v) is 2.91. The Bertz CT molecular complexity index is 530. The van der Waals surface area contributed by atoms with E-state index in [1.165, 1.54) is 26.9 Å². The first-order valence-corrected chi connectivity index (χ1v) is 6.05. The van der Waals surface area contributed by atoms with E-state index in [0.717, 1.165) is 21.8 Å². The average molecular weight is 254 g/mol. The highest BCUT2D eigenvalue weighted by molar-refractivity contribution is 5.29. The Hall–Kier alpha value is -1.63. The van der Waals surface area contributed by atoms with E-state index in [-0.39, 0.29) is 5.82 Å². The van der Waals surface area contributed by atoms with E-state index in [1.54, 1.807) is 0 Å². The first-order chi connectivity index (χ1) is 8.59. The van der Waals surface area contributed by atoms with Gasteiger partial charge in [0.15, 0.2) is 0 Å². The van der Waals surface area contributed by atoms with Crippen LogP contribution < -0.4 is 16.6 Å². The zero-order chi connectivity index (χ0) is 13.1. The molecule has 1 aliphatic rings. The minimum Gasteiger partial charge on any atom is -0.379 e. The maximum Gasteiger partial charge on any atom is 0.346 e. The van der Waals surface area contributed by atoms with Crippen molar-refractivity contribution >= 4 is 5.82 Å². The van der Waals surface area contributed by atoms with Crippen molar-refractivity contribution in [1.82, 2.24) is 14.3 Å². The van der Waals surface area contributed by atoms with E-state index in [4.69, 9.17) is 4.74 Å². The van der Waals surface area contributed by atoms with Crippen LogP contribution in [0.2, 0.25) is 0 Å². The molecule has 0 bridgehead atoms. The summed E-state index contributed by atoms with van der Waals surface area (Å²) >= 11 is 0. The van der Waals surface area contributed by atoms with Crippen LogP contribution in [0.3, 0.4) is 0 Å². The zero-order valence-corrected chi connectivity index (χ0v) is 10.7. The Balaban J connectivity index is 1.88. The summed E-state index contributed by atoms with van der Waals surface area (Å²) in [5.41, 5.74) is -0.851. The van der Waals surface area contributed by atoms with Gasteiger partial charge < -0.3 is 10.1 Å². The standard InChI is InChI=1S/C11H18N4O3/c1-14-10(16)9(13-15(2)11(14)17)12-5-6-18-7-8-3-4-8/h8H,3-7H2,1-2H3,(H,12,13). The first-order valence-electron chi connectivity index (χ1n) is 6.05. The summed E-state index contributed by atoms with van der Waals surface area (Å²) in [5.74, 6) is 0.906. The largest absolute Gasteiger partial charge is 0.379 e. The van der Waals surface area contributed by atoms with Gasteiger partial charge in [-0.1, -0.05) is 0 Å². The van der Waals surface area contributed by atoms with Gasteiger partial charge in [0.2, 0.25) is 5.82 Å². The van der Waals surface area contributed by atoms with Crippen molar-refractivity contribution in [2.75, 3.05) is 25.1 Å². The van der Waals surface area contributed by atoms with E-state index in [9.17, 15) is 9.59 Å². The van der Waals surface area contributed by atoms with E-state index in [0.29, 0.717) is 13.2 Å². The van der Waals surface area contributed by atoms with Gasteiger partial charge in [-0.25, -0.2) is 9.48 Å². The summed E-state index contributed by atoms with van der Waals surface area (Å²) in [4.78, 5) is 23.1. The molecule has 1 aromatic heterocycles. The summed E-state index contributed by atoms with van der Waals surface area (Å²) in [7, 11) is 2.94. The van der Waals surface area contributed by atoms with Gasteiger partial charge in [-0.3, -0.25) is 9.36 Å². The summed E-state index contributed by atoms with van der Waals surface area (Å²) in [6.07, 6.45) is 2.52. The van der Waals surface area contributed by atoms with Crippen molar-refractivity contribution in [3.05, 3.63) is 20.8 Å². The highest BCUT2D eigenvalue weighted by Crippen LogP contribution is 2.28. The molecule has 1 aliphatic carbocycles. The zero-order valence-electron chi connectivity index (χ0n) is 10.7. The number of anilines is 1. The topological polar surface area (TPSA) is 78.2 Å². The molecule has 0 spiro atoms. The van der Waals surface area contributed by atoms with E-state index in [2.05, 4.69) is 10.4 Å². The lowest BCUT2D eigenvalue weighted by Gasteiger charge is -2.08. The fraction of sp³-hybridized carbons (Fsp3) is 0.727. The van der Waals surface area contributed by atoms with Crippen molar-refractivity contribution < 1.29 is 4.74 Å². The van der Waals surface area contributed by atoms with Gasteiger partial charge in [0.1, 0.15) is 0 Å². The lowest BCUT2D eigenvalue weighted by Crippen LogP contribution is -2.40. The number of nitrogens with zero attached hydrogens (tertiary/aromatic N) is 3. The van der Waals surface area contributed by atoms with Gasteiger partial charge in [-0.2, -0.15) is 0 Å². The average Bonchev–Trinajstić information content (AvgIpc) is 3.16. The summed E-state index contributed by atoms with van der Waals surface area (Å²) in [6.45, 7) is 1.83. The number of nitrogens with one attached hydrogen (secondary N) is 1. The Morgan fingerprint density at radius 1 is 1.39 bits per heavy atom. The van der Waals surface area contributed by atoms with Gasteiger partial charge in [-0.05, 0) is 18.8 Å². The molecule has 1 heterocycles. The maximum absolute atomic E-state index is 11.7. The highest BCUT2D eigenvalue weighted by atomic mass is 16.5. The normalized spacial score (nSPS) is 14.8. The molecule has 1 saturated carbocycles. The third-order valence-electron chi connectivity index (χ3n) is 2.91. The summed E-state index contributed by atoms with van der Waals surface area (Å²) in [6, 6.07) is 0. The first kappa shape index (κ1) is 12.8. The molecular weight excluding hydrogens is 236 g/mol. The van der Waals surface area contributed by atoms with Gasteiger partial charge in [0.25, 0.3) is 5.56 Å². The van der Waals surface area contributed by atoms with Crippen LogP contribution in [-0.2, 0) is 18.8 Å². The minimum absolute atomic E-state index is 0.176. The molecular formula is C11H18N4O3. The smallest absolute Gasteiger partial charge is 0.346 e. The third kappa shape index (κ3) is 2.98. The van der Waals surface area contributed by atoms with Crippen molar-refractivity contribution in [2.24, 2.45) is 20.0 Å². The van der Waals surface area contributed by atoms with Crippen molar-refractivity contribution in [2.45, 2.75) is 12.8 Å². The van der Waals surface area contributed by atoms with Crippen molar-refractivity contribution in [3.63, 3.8) is 0 Å². The lowest BCUT2D eigenvalue weighted by molar-refractivity contribution is 0.133. The van der Waals surface area contributed by atoms with Crippen molar-refractivity contribution in [1.29, 1.82) is 0 Å². The molecule has 100 valence electrons. The maximum atomic E-state index is 11.7. The van der Waals surface area contributed by atoms with Crippen molar-refractivity contribution in [3.8, 4) is 0 Å². The Labute approximate surface area is 104 Å². The number of aryl methyl sites for hydroxylation is 1. The second-order valence-corrected chi connectivity index (χ2v) is 4.56. The molecule has 0 saturated heterocycles. The van der Waals surface area contributed by atoms with E-state index < -0.39 is 11.2 Å². The van der Waals surface area contributed by atoms with E-state index in [1.807, 2.05) is 0 Å². The molecule has 18 heavy (non-hydrogen) atoms. The minimum atomic E-state index is -0.435. The van der Waals surface area contributed by atoms with Crippen LogP contribution in [0.25, 0.3) is 0 Å². The fourth-order valence-corrected chi connectivity index (χ4v) is 1.59. The predicted molar refractivity (Wildman–Crippen MR) is 66.8 cm³/mol. The Morgan fingerprint density at radius 3 is 2.78 bits per heavy atom. The molecule has 0 aromatic carbocycles. The van der Waals surface area contributed by atoms with Crippen LogP contribution >= 0.6 is 0 Å². The molecule has 0 radical (unpaired) electrons. The second kappa shape index (κ2) is 5.34. The quantitative estimate of drug-likeness (QED) is 0.680. The molecule has 2 rings (SSSR count). The molecule has 0 unspecified atom stereocenters. The lowest BCUT2D eigenvalue weighted by atomic mass is 10.5. The van der Waals surface area contributed by atoms with Crippen LogP contribution in [0, 0.1) is 5.92 Å². The molecule has 1 aromatic rings. The predicted octanol–water partition coefficient (Wildman–Crippen LogP) is -0.682. The summed E-state index contributed by atoms with van der Waals surface area (Å²) in [5, 5.41) is 6.77. The van der Waals surface area contributed by atoms with E-state index >= 15 is 0 Å². The molecule has 1 N–H and O–H groups in total. The van der Waals surface area contributed by atoms with Gasteiger partial charge in [0.05, 0.1) is 6.61 Å². The molecule has 0 aliphatic heterocycles. The Kier molecular flexibility index (Phi) is 3.81. The highest BCUT2D eigenvalue weighted by Gasteiger charge is 2.20. The van der Waals surface area contributed by atoms with Gasteiger partial charge >= 0.3 is 5.69 Å². The van der Waals surface area contributed by atoms with Crippen LogP contribution in [-0.4, -0.2) is 34.1 Å². The number of ether oxygens (including phenoxy) is 1. The number of hydrogen-bond donors (Lipinski definition) is 1.